The molecule has 0 aliphatic carbocycles. The molecule has 1 aliphatic rings. The van der Waals surface area contributed by atoms with Crippen LogP contribution in [-0.2, 0) is 14.3 Å². The molecule has 1 amide bonds. The molecule has 0 aromatic heterocycles. The van der Waals surface area contributed by atoms with E-state index in [1.807, 2.05) is 0 Å². The Morgan fingerprint density at radius 2 is 2.17 bits per heavy atom. The highest BCUT2D eigenvalue weighted by atomic mass is 19.2. The Bertz CT molecular complexity index is 624. The van der Waals surface area contributed by atoms with E-state index >= 15 is 0 Å². The Labute approximate surface area is 136 Å². The monoisotopic (exact) mass is 345 g/mol. The SMILES string of the molecule is COc1ccc(F)c(F)c1C(=O)N[C@@H]1COCC[C@@H]1OCC(=O)O. The fraction of sp³-hybridized carbons (Fsp3) is 0.467. The zero-order chi connectivity index (χ0) is 17.7. The maximum absolute atomic E-state index is 13.9. The van der Waals surface area contributed by atoms with Crippen molar-refractivity contribution in [3.8, 4) is 5.75 Å². The predicted octanol–water partition coefficient (Wildman–Crippen LogP) is 0.962. The Hall–Kier alpha value is -2.26. The van der Waals surface area contributed by atoms with Crippen LogP contribution in [0.1, 0.15) is 16.8 Å². The van der Waals surface area contributed by atoms with E-state index in [0.717, 1.165) is 12.1 Å². The fourth-order valence-corrected chi connectivity index (χ4v) is 2.39. The average Bonchev–Trinajstić information content (AvgIpc) is 2.56. The second kappa shape index (κ2) is 8.02. The van der Waals surface area contributed by atoms with E-state index in [2.05, 4.69) is 5.32 Å². The van der Waals surface area contributed by atoms with E-state index in [1.54, 1.807) is 0 Å². The van der Waals surface area contributed by atoms with Gasteiger partial charge in [0, 0.05) is 6.61 Å². The largest absolute Gasteiger partial charge is 0.496 e. The summed E-state index contributed by atoms with van der Waals surface area (Å²) in [4.78, 5) is 22.9. The first-order valence-corrected chi connectivity index (χ1v) is 7.18. The second-order valence-electron chi connectivity index (χ2n) is 5.13. The van der Waals surface area contributed by atoms with Crippen molar-refractivity contribution in [3.63, 3.8) is 0 Å². The van der Waals surface area contributed by atoms with E-state index in [9.17, 15) is 18.4 Å². The molecule has 9 heteroatoms. The van der Waals surface area contributed by atoms with Gasteiger partial charge in [-0.1, -0.05) is 0 Å². The number of carboxylic acids is 1. The summed E-state index contributed by atoms with van der Waals surface area (Å²) in [6.07, 6.45) is -0.248. The summed E-state index contributed by atoms with van der Waals surface area (Å²) in [6.45, 7) is -0.127. The molecule has 0 radical (unpaired) electrons. The van der Waals surface area contributed by atoms with Crippen molar-refractivity contribution in [2.75, 3.05) is 26.9 Å². The van der Waals surface area contributed by atoms with Crippen LogP contribution in [0.2, 0.25) is 0 Å². The van der Waals surface area contributed by atoms with Gasteiger partial charge in [0.1, 0.15) is 17.9 Å². The lowest BCUT2D eigenvalue weighted by Crippen LogP contribution is -2.51. The number of benzene rings is 1. The van der Waals surface area contributed by atoms with Gasteiger partial charge in [-0.15, -0.1) is 0 Å². The molecule has 0 spiro atoms. The van der Waals surface area contributed by atoms with E-state index in [-0.39, 0.29) is 12.4 Å². The maximum Gasteiger partial charge on any atom is 0.329 e. The van der Waals surface area contributed by atoms with Gasteiger partial charge in [0.05, 0.1) is 25.9 Å². The van der Waals surface area contributed by atoms with Crippen LogP contribution in [0.5, 0.6) is 5.75 Å². The number of carbonyl (C=O) groups excluding carboxylic acids is 1. The van der Waals surface area contributed by atoms with Crippen molar-refractivity contribution in [1.29, 1.82) is 0 Å². The summed E-state index contributed by atoms with van der Waals surface area (Å²) in [6, 6.07) is 1.30. The summed E-state index contributed by atoms with van der Waals surface area (Å²) < 4.78 is 42.7. The number of halogens is 2. The van der Waals surface area contributed by atoms with Gasteiger partial charge in [0.15, 0.2) is 11.6 Å². The number of rotatable bonds is 6. The van der Waals surface area contributed by atoms with Gasteiger partial charge in [-0.2, -0.15) is 0 Å². The van der Waals surface area contributed by atoms with Crippen LogP contribution in [0.3, 0.4) is 0 Å². The lowest BCUT2D eigenvalue weighted by atomic mass is 10.1. The summed E-state index contributed by atoms with van der Waals surface area (Å²) in [7, 11) is 1.23. The summed E-state index contributed by atoms with van der Waals surface area (Å²) in [5.41, 5.74) is -0.569. The number of aliphatic carboxylic acids is 1. The summed E-state index contributed by atoms with van der Waals surface area (Å²) in [5, 5.41) is 11.2. The third kappa shape index (κ3) is 4.18. The Kier molecular flexibility index (Phi) is 6.04. The van der Waals surface area contributed by atoms with Gasteiger partial charge in [-0.3, -0.25) is 4.79 Å². The molecule has 1 aromatic carbocycles. The molecule has 2 N–H and O–H groups in total. The lowest BCUT2D eigenvalue weighted by Gasteiger charge is -2.31. The molecule has 2 rings (SSSR count). The van der Waals surface area contributed by atoms with Crippen molar-refractivity contribution >= 4 is 11.9 Å². The van der Waals surface area contributed by atoms with Crippen LogP contribution in [0.25, 0.3) is 0 Å². The minimum Gasteiger partial charge on any atom is -0.496 e. The standard InChI is InChI=1S/C15H17F2NO6/c1-22-11-3-2-8(16)14(17)13(11)15(21)18-9-6-23-5-4-10(9)24-7-12(19)20/h2-3,9-10H,4-7H2,1H3,(H,18,21)(H,19,20)/t9-,10+/m1/s1. The van der Waals surface area contributed by atoms with Crippen LogP contribution in [-0.4, -0.2) is 56.1 Å². The van der Waals surface area contributed by atoms with Crippen molar-refractivity contribution in [1.82, 2.24) is 5.32 Å². The molecule has 1 aliphatic heterocycles. The lowest BCUT2D eigenvalue weighted by molar-refractivity contribution is -0.147. The summed E-state index contributed by atoms with van der Waals surface area (Å²) >= 11 is 0. The van der Waals surface area contributed by atoms with E-state index in [0.29, 0.717) is 13.0 Å². The average molecular weight is 345 g/mol. The van der Waals surface area contributed by atoms with Crippen molar-refractivity contribution in [2.24, 2.45) is 0 Å². The molecule has 24 heavy (non-hydrogen) atoms. The first kappa shape index (κ1) is 18.1. The molecule has 1 aromatic rings. The molecule has 1 saturated heterocycles. The minimum atomic E-state index is -1.33. The van der Waals surface area contributed by atoms with Crippen LogP contribution in [0.4, 0.5) is 8.78 Å². The number of methoxy groups -OCH3 is 1. The van der Waals surface area contributed by atoms with E-state index < -0.39 is 47.8 Å². The third-order valence-corrected chi connectivity index (χ3v) is 3.53. The zero-order valence-corrected chi connectivity index (χ0v) is 12.9. The highest BCUT2D eigenvalue weighted by Gasteiger charge is 2.31. The van der Waals surface area contributed by atoms with Gasteiger partial charge in [-0.05, 0) is 18.6 Å². The molecule has 1 fully saturated rings. The second-order valence-corrected chi connectivity index (χ2v) is 5.13. The van der Waals surface area contributed by atoms with E-state index in [4.69, 9.17) is 19.3 Å². The quantitative estimate of drug-likeness (QED) is 0.798. The Morgan fingerprint density at radius 3 is 2.83 bits per heavy atom. The van der Waals surface area contributed by atoms with Crippen LogP contribution in [0, 0.1) is 11.6 Å². The highest BCUT2D eigenvalue weighted by Crippen LogP contribution is 2.24. The fourth-order valence-electron chi connectivity index (χ4n) is 2.39. The number of carbonyl (C=O) groups is 2. The van der Waals surface area contributed by atoms with E-state index in [1.165, 1.54) is 7.11 Å². The smallest absolute Gasteiger partial charge is 0.329 e. The molecule has 0 saturated carbocycles. The topological polar surface area (TPSA) is 94.1 Å². The third-order valence-electron chi connectivity index (χ3n) is 3.53. The number of amides is 1. The summed E-state index contributed by atoms with van der Waals surface area (Å²) in [5.74, 6) is -4.68. The van der Waals surface area contributed by atoms with Crippen molar-refractivity contribution < 1.29 is 37.7 Å². The number of ether oxygens (including phenoxy) is 3. The van der Waals surface area contributed by atoms with Crippen LogP contribution >= 0.6 is 0 Å². The number of hydrogen-bond acceptors (Lipinski definition) is 5. The molecular formula is C15H17F2NO6. The van der Waals surface area contributed by atoms with Gasteiger partial charge >= 0.3 is 5.97 Å². The van der Waals surface area contributed by atoms with Gasteiger partial charge in [-0.25, -0.2) is 13.6 Å². The molecular weight excluding hydrogens is 328 g/mol. The van der Waals surface area contributed by atoms with Crippen LogP contribution < -0.4 is 10.1 Å². The normalized spacial score (nSPS) is 20.5. The highest BCUT2D eigenvalue weighted by molar-refractivity contribution is 5.97. The number of carboxylic acid groups (broad SMARTS) is 1. The van der Waals surface area contributed by atoms with Crippen molar-refractivity contribution in [3.05, 3.63) is 29.3 Å². The number of hydrogen-bond donors (Lipinski definition) is 2. The van der Waals surface area contributed by atoms with Gasteiger partial charge < -0.3 is 24.6 Å². The Balaban J connectivity index is 2.15. The number of nitrogens with one attached hydrogen (secondary N) is 1. The molecule has 0 bridgehead atoms. The molecule has 132 valence electrons. The molecule has 2 atom stereocenters. The molecule has 0 unspecified atom stereocenters. The minimum absolute atomic E-state index is 0.0648. The van der Waals surface area contributed by atoms with Gasteiger partial charge in [0.25, 0.3) is 5.91 Å². The zero-order valence-electron chi connectivity index (χ0n) is 12.9. The van der Waals surface area contributed by atoms with Gasteiger partial charge in [0.2, 0.25) is 0 Å². The molecule has 1 heterocycles. The predicted molar refractivity (Wildman–Crippen MR) is 77.0 cm³/mol. The molecule has 7 nitrogen and oxygen atoms in total. The first-order valence-electron chi connectivity index (χ1n) is 7.18. The maximum atomic E-state index is 13.9. The van der Waals surface area contributed by atoms with Crippen molar-refractivity contribution in [2.45, 2.75) is 18.6 Å². The Morgan fingerprint density at radius 1 is 1.42 bits per heavy atom. The van der Waals surface area contributed by atoms with Crippen LogP contribution in [0.15, 0.2) is 12.1 Å². The first-order chi connectivity index (χ1) is 11.4.